The summed E-state index contributed by atoms with van der Waals surface area (Å²) >= 11 is 7.89. The first kappa shape index (κ1) is 20.4. The van der Waals surface area contributed by atoms with E-state index in [4.69, 9.17) is 0 Å². The van der Waals surface area contributed by atoms with Crippen molar-refractivity contribution in [3.8, 4) is 0 Å². The molecule has 5 heteroatoms. The molecule has 0 amide bonds. The molecule has 0 aliphatic heterocycles. The number of rotatable bonds is 7. The van der Waals surface area contributed by atoms with E-state index in [2.05, 4.69) is 25.3 Å². The Morgan fingerprint density at radius 3 is 1.25 bits per heavy atom. The predicted molar refractivity (Wildman–Crippen MR) is 117 cm³/mol. The van der Waals surface area contributed by atoms with Gasteiger partial charge >= 0.3 is 0 Å². The maximum absolute atomic E-state index is 12.8. The van der Waals surface area contributed by atoms with E-state index in [1.165, 1.54) is 0 Å². The first-order valence-corrected chi connectivity index (χ1v) is 9.66. The van der Waals surface area contributed by atoms with E-state index < -0.39 is 27.7 Å². The molecule has 28 heavy (non-hydrogen) atoms. The Morgan fingerprint density at radius 1 is 0.679 bits per heavy atom. The molecule has 1 atom stereocenters. The summed E-state index contributed by atoms with van der Waals surface area (Å²) in [7, 11) is 0. The highest BCUT2D eigenvalue weighted by molar-refractivity contribution is 7.97. The van der Waals surface area contributed by atoms with Crippen LogP contribution in [-0.2, 0) is 15.0 Å². The number of thiol groups is 2. The van der Waals surface area contributed by atoms with Crippen molar-refractivity contribution in [1.29, 1.82) is 0 Å². The second-order valence-corrected chi connectivity index (χ2v) is 7.49. The van der Waals surface area contributed by atoms with Crippen LogP contribution >= 0.6 is 25.3 Å². The van der Waals surface area contributed by atoms with Gasteiger partial charge in [0.1, 0.15) is 0 Å². The molecule has 3 rings (SSSR count). The SMILES string of the molecule is O=C(S)CC(O)(C(=O)S)C(c1ccccc1)(c1ccccc1)c1ccccc1. The van der Waals surface area contributed by atoms with Crippen LogP contribution in [0.5, 0.6) is 0 Å². The van der Waals surface area contributed by atoms with Crippen LogP contribution in [0.1, 0.15) is 23.1 Å². The third-order valence-electron chi connectivity index (χ3n) is 5.00. The Morgan fingerprint density at radius 2 is 1.00 bits per heavy atom. The molecule has 0 bridgehead atoms. The molecule has 3 aromatic rings. The highest BCUT2D eigenvalue weighted by Crippen LogP contribution is 2.50. The van der Waals surface area contributed by atoms with Crippen molar-refractivity contribution in [2.75, 3.05) is 0 Å². The van der Waals surface area contributed by atoms with Crippen molar-refractivity contribution < 1.29 is 14.7 Å². The highest BCUT2D eigenvalue weighted by Gasteiger charge is 2.58. The fraction of sp³-hybridized carbons (Fsp3) is 0.130. The van der Waals surface area contributed by atoms with Gasteiger partial charge in [-0.15, -0.1) is 25.3 Å². The molecule has 3 nitrogen and oxygen atoms in total. The van der Waals surface area contributed by atoms with Crippen molar-refractivity contribution in [1.82, 2.24) is 0 Å². The summed E-state index contributed by atoms with van der Waals surface area (Å²) in [4.78, 5) is 24.8. The van der Waals surface area contributed by atoms with Crippen molar-refractivity contribution >= 4 is 35.5 Å². The number of benzene rings is 3. The van der Waals surface area contributed by atoms with Crippen LogP contribution in [0.2, 0.25) is 0 Å². The lowest BCUT2D eigenvalue weighted by molar-refractivity contribution is -0.137. The summed E-state index contributed by atoms with van der Waals surface area (Å²) in [6.07, 6.45) is -0.489. The maximum Gasteiger partial charge on any atom is 0.219 e. The third-order valence-corrected chi connectivity index (χ3v) is 5.53. The summed E-state index contributed by atoms with van der Waals surface area (Å²) < 4.78 is 0. The number of aliphatic hydroxyl groups is 1. The predicted octanol–water partition coefficient (Wildman–Crippen LogP) is 4.06. The molecule has 0 saturated carbocycles. The molecule has 0 aromatic heterocycles. The fourth-order valence-electron chi connectivity index (χ4n) is 3.87. The van der Waals surface area contributed by atoms with Crippen LogP contribution in [0, 0.1) is 0 Å². The van der Waals surface area contributed by atoms with Gasteiger partial charge in [-0.2, -0.15) is 0 Å². The highest BCUT2D eigenvalue weighted by atomic mass is 32.1. The van der Waals surface area contributed by atoms with Crippen molar-refractivity contribution in [3.63, 3.8) is 0 Å². The summed E-state index contributed by atoms with van der Waals surface area (Å²) in [6, 6.07) is 27.6. The summed E-state index contributed by atoms with van der Waals surface area (Å²) in [5, 5.41) is 10.4. The first-order chi connectivity index (χ1) is 13.4. The van der Waals surface area contributed by atoms with Gasteiger partial charge < -0.3 is 5.11 Å². The molecule has 1 unspecified atom stereocenters. The van der Waals surface area contributed by atoms with E-state index in [0.717, 1.165) is 0 Å². The van der Waals surface area contributed by atoms with Crippen LogP contribution in [0.3, 0.4) is 0 Å². The maximum atomic E-state index is 12.8. The summed E-state index contributed by atoms with van der Waals surface area (Å²) in [6.45, 7) is 0. The lowest BCUT2D eigenvalue weighted by Gasteiger charge is -2.46. The molecule has 0 spiro atoms. The van der Waals surface area contributed by atoms with Gasteiger partial charge in [0, 0.05) is 0 Å². The average Bonchev–Trinajstić information content (AvgIpc) is 2.70. The van der Waals surface area contributed by atoms with Crippen molar-refractivity contribution in [2.24, 2.45) is 0 Å². The molecule has 3 aromatic carbocycles. The van der Waals surface area contributed by atoms with Crippen LogP contribution in [0.4, 0.5) is 0 Å². The third kappa shape index (κ3) is 3.41. The van der Waals surface area contributed by atoms with Crippen molar-refractivity contribution in [2.45, 2.75) is 17.4 Å². The molecule has 1 N–H and O–H groups in total. The van der Waals surface area contributed by atoms with Crippen LogP contribution in [0.15, 0.2) is 91.0 Å². The fourth-order valence-corrected chi connectivity index (χ4v) is 4.34. The second kappa shape index (κ2) is 8.35. The Hall–Kier alpha value is -2.34. The average molecular weight is 409 g/mol. The number of hydrogen-bond acceptors (Lipinski definition) is 3. The zero-order valence-electron chi connectivity index (χ0n) is 15.0. The van der Waals surface area contributed by atoms with E-state index in [9.17, 15) is 14.7 Å². The Labute approximate surface area is 175 Å². The largest absolute Gasteiger partial charge is 0.379 e. The molecule has 0 heterocycles. The smallest absolute Gasteiger partial charge is 0.219 e. The van der Waals surface area contributed by atoms with E-state index >= 15 is 0 Å². The lowest BCUT2D eigenvalue weighted by Crippen LogP contribution is -2.58. The van der Waals surface area contributed by atoms with Gasteiger partial charge in [0.2, 0.25) is 5.12 Å². The van der Waals surface area contributed by atoms with E-state index in [1.54, 1.807) is 0 Å². The monoisotopic (exact) mass is 408 g/mol. The van der Waals surface area contributed by atoms with Crippen molar-refractivity contribution in [3.05, 3.63) is 108 Å². The van der Waals surface area contributed by atoms with Crippen LogP contribution in [-0.4, -0.2) is 20.9 Å². The van der Waals surface area contributed by atoms with E-state index in [-0.39, 0.29) is 0 Å². The minimum Gasteiger partial charge on any atom is -0.379 e. The molecule has 0 radical (unpaired) electrons. The summed E-state index contributed by atoms with van der Waals surface area (Å²) in [5.41, 5.74) is -1.49. The standard InChI is InChI=1S/C23H20O3S2/c24-20(27)16-22(26,21(25)28)23(17-10-4-1-5-11-17,18-12-6-2-7-13-18)19-14-8-3-9-15-19/h1-15,26H,16H2,(H,24,27)(H,25,28). The molecular formula is C23H20O3S2. The van der Waals surface area contributed by atoms with Gasteiger partial charge in [-0.05, 0) is 16.7 Å². The number of carbonyl (C=O) groups is 2. The van der Waals surface area contributed by atoms with Gasteiger partial charge in [-0.3, -0.25) is 9.59 Å². The quantitative estimate of drug-likeness (QED) is 0.408. The van der Waals surface area contributed by atoms with Gasteiger partial charge in [0.05, 0.1) is 11.8 Å². The van der Waals surface area contributed by atoms with Gasteiger partial charge in [0.25, 0.3) is 0 Å². The van der Waals surface area contributed by atoms with E-state index in [0.29, 0.717) is 16.7 Å². The Bertz CT molecular complexity index is 862. The zero-order chi connectivity index (χ0) is 20.2. The minimum absolute atomic E-state index is 0.489. The molecular weight excluding hydrogens is 388 g/mol. The van der Waals surface area contributed by atoms with Gasteiger partial charge in [-0.25, -0.2) is 0 Å². The lowest BCUT2D eigenvalue weighted by atomic mass is 9.58. The number of hydrogen-bond donors (Lipinski definition) is 3. The van der Waals surface area contributed by atoms with Crippen LogP contribution in [0.25, 0.3) is 0 Å². The minimum atomic E-state index is -2.15. The second-order valence-electron chi connectivity index (χ2n) is 6.58. The van der Waals surface area contributed by atoms with Gasteiger partial charge in [-0.1, -0.05) is 91.0 Å². The first-order valence-electron chi connectivity index (χ1n) is 8.77. The zero-order valence-corrected chi connectivity index (χ0v) is 16.8. The molecule has 0 fully saturated rings. The molecule has 0 aliphatic carbocycles. The normalized spacial score (nSPS) is 13.5. The molecule has 0 aliphatic rings. The van der Waals surface area contributed by atoms with Crippen LogP contribution < -0.4 is 0 Å². The number of carbonyl (C=O) groups excluding carboxylic acids is 2. The topological polar surface area (TPSA) is 54.4 Å². The summed E-state index contributed by atoms with van der Waals surface area (Å²) in [5.74, 6) is 0. The van der Waals surface area contributed by atoms with E-state index in [1.807, 2.05) is 91.0 Å². The Kier molecular flexibility index (Phi) is 6.08. The molecule has 142 valence electrons. The molecule has 0 saturated heterocycles. The Balaban J connectivity index is 2.51. The van der Waals surface area contributed by atoms with Gasteiger partial charge in [0.15, 0.2) is 10.7 Å².